The van der Waals surface area contributed by atoms with E-state index in [4.69, 9.17) is 18.5 Å². The van der Waals surface area contributed by atoms with E-state index in [1.165, 1.54) is 0 Å². The topological polar surface area (TPSA) is 152 Å². The molecule has 0 fully saturated rings. The minimum Gasteiger partial charge on any atom is -0.756 e. The van der Waals surface area contributed by atoms with Gasteiger partial charge < -0.3 is 38.1 Å². The fourth-order valence-corrected chi connectivity index (χ4v) is 5.51. The first kappa shape index (κ1) is 56.3. The maximum Gasteiger partial charge on any atom is 0.306 e. The predicted molar refractivity (Wildman–Crippen MR) is 243 cm³/mol. The molecule has 0 aromatic carbocycles. The molecule has 4 atom stereocenters. The van der Waals surface area contributed by atoms with E-state index >= 15 is 0 Å². The lowest BCUT2D eigenvalue weighted by atomic mass is 10.2. The fraction of sp³-hybridized carbons (Fsp3) is 0.542. The quantitative estimate of drug-likeness (QED) is 0.0156. The number of rotatable bonds is 36. The van der Waals surface area contributed by atoms with Gasteiger partial charge in [-0.15, -0.1) is 0 Å². The number of aliphatic hydroxyl groups is 2. The minimum atomic E-state index is -4.69. The number of phosphoric acid groups is 1. The van der Waals surface area contributed by atoms with Crippen molar-refractivity contribution in [3.05, 3.63) is 122 Å². The highest BCUT2D eigenvalue weighted by Crippen LogP contribution is 2.38. The molecule has 0 saturated heterocycles. The summed E-state index contributed by atoms with van der Waals surface area (Å²) in [6.45, 7) is 3.62. The van der Waals surface area contributed by atoms with Gasteiger partial charge in [0.25, 0.3) is 7.82 Å². The van der Waals surface area contributed by atoms with Gasteiger partial charge >= 0.3 is 11.9 Å². The Bertz CT molecular complexity index is 1470. The van der Waals surface area contributed by atoms with Gasteiger partial charge in [0.2, 0.25) is 0 Å². The van der Waals surface area contributed by atoms with E-state index in [1.54, 1.807) is 36.5 Å². The highest BCUT2D eigenvalue weighted by Gasteiger charge is 2.21. The van der Waals surface area contributed by atoms with Gasteiger partial charge in [0.05, 0.1) is 40.0 Å². The van der Waals surface area contributed by atoms with Crippen LogP contribution in [0, 0.1) is 0 Å². The van der Waals surface area contributed by atoms with E-state index in [-0.39, 0.29) is 26.1 Å². The molecule has 0 aliphatic rings. The maximum atomic E-state index is 12.6. The molecule has 0 aliphatic carbocycles. The van der Waals surface area contributed by atoms with Crippen LogP contribution in [-0.4, -0.2) is 92.5 Å². The average molecular weight is 858 g/mol. The SMILES string of the molecule is CC/C=C\C/C=C\C/C=C\C/C=C\CCCCC(=O)OC[C@H](COP(=O)([O-])OCC[N+](C)(C)C)OC(=O)CC/C=C\C/C=C\C[C@@H](O)/C=C/C=C\C=C\[C@@H](O)C/C=C\CC. The number of hydrogen-bond acceptors (Lipinski definition) is 10. The highest BCUT2D eigenvalue weighted by molar-refractivity contribution is 7.45. The summed E-state index contributed by atoms with van der Waals surface area (Å²) >= 11 is 0. The molecule has 0 aliphatic heterocycles. The molecule has 0 bridgehead atoms. The zero-order valence-electron chi connectivity index (χ0n) is 37.1. The van der Waals surface area contributed by atoms with Gasteiger partial charge in [-0.25, -0.2) is 0 Å². The number of esters is 2. The van der Waals surface area contributed by atoms with Crippen LogP contribution in [0.15, 0.2) is 122 Å². The van der Waals surface area contributed by atoms with Gasteiger partial charge in [-0.1, -0.05) is 135 Å². The molecule has 0 heterocycles. The van der Waals surface area contributed by atoms with Crippen LogP contribution < -0.4 is 4.89 Å². The largest absolute Gasteiger partial charge is 0.756 e. The molecule has 0 rings (SSSR count). The van der Waals surface area contributed by atoms with E-state index < -0.39 is 44.7 Å². The fourth-order valence-electron chi connectivity index (χ4n) is 4.78. The molecular weight excluding hydrogens is 781 g/mol. The lowest BCUT2D eigenvalue weighted by Gasteiger charge is -2.28. The summed E-state index contributed by atoms with van der Waals surface area (Å²) in [7, 11) is 1.00. The predicted octanol–water partition coefficient (Wildman–Crippen LogP) is 9.43. The Morgan fingerprint density at radius 3 is 1.68 bits per heavy atom. The second-order valence-electron chi connectivity index (χ2n) is 15.0. The van der Waals surface area contributed by atoms with Crippen LogP contribution >= 0.6 is 7.82 Å². The van der Waals surface area contributed by atoms with Crippen molar-refractivity contribution in [3.63, 3.8) is 0 Å². The van der Waals surface area contributed by atoms with Crippen molar-refractivity contribution < 1.29 is 52.3 Å². The number of likely N-dealkylation sites (N-methyl/N-ethyl adjacent to an activating group) is 1. The molecule has 0 saturated carbocycles. The number of phosphoric ester groups is 1. The third kappa shape index (κ3) is 41.1. The Labute approximate surface area is 362 Å². The Balaban J connectivity index is 4.71. The first-order chi connectivity index (χ1) is 28.8. The van der Waals surface area contributed by atoms with Crippen molar-refractivity contribution >= 4 is 19.8 Å². The molecule has 0 amide bonds. The van der Waals surface area contributed by atoms with Crippen LogP contribution in [0.25, 0.3) is 0 Å². The molecule has 0 aromatic heterocycles. The summed E-state index contributed by atoms with van der Waals surface area (Å²) in [6.07, 6.45) is 46.0. The number of quaternary nitrogens is 1. The molecule has 1 unspecified atom stereocenters. The van der Waals surface area contributed by atoms with Gasteiger partial charge in [-0.05, 0) is 77.0 Å². The normalized spacial score (nSPS) is 15.8. The Kier molecular flexibility index (Phi) is 35.9. The van der Waals surface area contributed by atoms with Crippen LogP contribution in [0.1, 0.15) is 104 Å². The zero-order valence-corrected chi connectivity index (χ0v) is 38.0. The number of nitrogens with zero attached hydrogens (tertiary/aromatic N) is 1. The lowest BCUT2D eigenvalue weighted by molar-refractivity contribution is -0.870. The second-order valence-corrected chi connectivity index (χ2v) is 16.4. The summed E-state index contributed by atoms with van der Waals surface area (Å²) < 4.78 is 33.6. The number of carbonyl (C=O) groups is 2. The van der Waals surface area contributed by atoms with Gasteiger partial charge in [0.1, 0.15) is 19.8 Å². The molecule has 60 heavy (non-hydrogen) atoms. The highest BCUT2D eigenvalue weighted by atomic mass is 31.2. The summed E-state index contributed by atoms with van der Waals surface area (Å²) in [5.41, 5.74) is 0. The number of aliphatic hydroxyl groups excluding tert-OH is 2. The minimum absolute atomic E-state index is 0.0259. The number of hydrogen-bond donors (Lipinski definition) is 2. The number of unbranched alkanes of at least 4 members (excludes halogenated alkanes) is 2. The molecule has 338 valence electrons. The van der Waals surface area contributed by atoms with Gasteiger partial charge in [-0.3, -0.25) is 14.2 Å². The van der Waals surface area contributed by atoms with Crippen LogP contribution in [0.2, 0.25) is 0 Å². The van der Waals surface area contributed by atoms with Crippen LogP contribution in [0.3, 0.4) is 0 Å². The third-order valence-corrected chi connectivity index (χ3v) is 9.12. The summed E-state index contributed by atoms with van der Waals surface area (Å²) in [5.74, 6) is -1.07. The summed E-state index contributed by atoms with van der Waals surface area (Å²) in [5, 5.41) is 20.0. The Hall–Kier alpha value is -3.67. The van der Waals surface area contributed by atoms with Crippen molar-refractivity contribution in [2.45, 2.75) is 122 Å². The van der Waals surface area contributed by atoms with Crippen molar-refractivity contribution in [1.29, 1.82) is 0 Å². The van der Waals surface area contributed by atoms with Gasteiger partial charge in [0.15, 0.2) is 6.10 Å². The molecule has 11 nitrogen and oxygen atoms in total. The van der Waals surface area contributed by atoms with Gasteiger partial charge in [-0.2, -0.15) is 0 Å². The van der Waals surface area contributed by atoms with Crippen molar-refractivity contribution in [2.75, 3.05) is 47.5 Å². The Morgan fingerprint density at radius 1 is 0.617 bits per heavy atom. The lowest BCUT2D eigenvalue weighted by Crippen LogP contribution is -2.37. The van der Waals surface area contributed by atoms with E-state index in [9.17, 15) is 29.3 Å². The third-order valence-electron chi connectivity index (χ3n) is 8.16. The van der Waals surface area contributed by atoms with Crippen molar-refractivity contribution in [3.8, 4) is 0 Å². The smallest absolute Gasteiger partial charge is 0.306 e. The van der Waals surface area contributed by atoms with Crippen LogP contribution in [0.5, 0.6) is 0 Å². The summed E-state index contributed by atoms with van der Waals surface area (Å²) in [6, 6.07) is 0. The molecule has 0 spiro atoms. The maximum absolute atomic E-state index is 12.6. The first-order valence-electron chi connectivity index (χ1n) is 21.5. The van der Waals surface area contributed by atoms with Crippen LogP contribution in [0.4, 0.5) is 0 Å². The van der Waals surface area contributed by atoms with Gasteiger partial charge in [0, 0.05) is 12.8 Å². The molecule has 2 N–H and O–H groups in total. The molecule has 12 heteroatoms. The standard InChI is InChI=1S/C48H76NO10P/c1-6-8-10-11-12-13-14-15-16-17-18-19-20-24-32-38-47(52)56-42-46(43-58-60(54,55)57-41-40-49(3,4)5)59-48(53)39-33-25-22-21-23-29-35-45(51)37-31-27-26-30-36-44(50)34-28-9-7-2/h8-10,12-13,15-16,18-19,22-23,25-31,36-37,44-46,50-51H,6-7,11,14,17,20-21,24,32-35,38-43H2,1-5H3/b10-8-,13-12-,16-15-,19-18-,25-22-,27-26-,28-9-,29-23-,36-30+,37-31+/t44-,45+,46+/m0/s1. The Morgan fingerprint density at radius 2 is 1.12 bits per heavy atom. The molecule has 0 radical (unpaired) electrons. The zero-order chi connectivity index (χ0) is 44.6. The van der Waals surface area contributed by atoms with E-state index in [0.717, 1.165) is 44.9 Å². The monoisotopic (exact) mass is 858 g/mol. The van der Waals surface area contributed by atoms with Crippen molar-refractivity contribution in [1.82, 2.24) is 0 Å². The first-order valence-corrected chi connectivity index (χ1v) is 22.9. The number of ether oxygens (including phenoxy) is 2. The summed E-state index contributed by atoms with van der Waals surface area (Å²) in [4.78, 5) is 37.5. The number of carbonyl (C=O) groups excluding carboxylic acids is 2. The van der Waals surface area contributed by atoms with Crippen molar-refractivity contribution in [2.24, 2.45) is 0 Å². The molecular formula is C48H76NO10P. The van der Waals surface area contributed by atoms with E-state index in [2.05, 4.69) is 55.5 Å². The second kappa shape index (κ2) is 38.3. The average Bonchev–Trinajstić information content (AvgIpc) is 3.19. The van der Waals surface area contributed by atoms with E-state index in [1.807, 2.05) is 64.5 Å². The van der Waals surface area contributed by atoms with Crippen LogP contribution in [-0.2, 0) is 32.7 Å². The molecule has 0 aromatic rings. The number of allylic oxidation sites excluding steroid dienone is 16. The van der Waals surface area contributed by atoms with E-state index in [0.29, 0.717) is 43.1 Å².